The smallest absolute Gasteiger partial charge is 0.126 e. The minimum absolute atomic E-state index is 0.181. The van der Waals surface area contributed by atoms with Gasteiger partial charge >= 0.3 is 0 Å². The van der Waals surface area contributed by atoms with Crippen LogP contribution in [0.1, 0.15) is 30.6 Å². The Labute approximate surface area is 113 Å². The molecule has 90 valence electrons. The van der Waals surface area contributed by atoms with Crippen LogP contribution in [-0.2, 0) is 6.42 Å². The Hall–Kier alpha value is -0.940. The van der Waals surface area contributed by atoms with E-state index in [9.17, 15) is 0 Å². The molecule has 0 bridgehead atoms. The maximum absolute atomic E-state index is 4.56. The van der Waals surface area contributed by atoms with Crippen LogP contribution in [0.4, 0.5) is 5.82 Å². The van der Waals surface area contributed by atoms with Gasteiger partial charge in [-0.2, -0.15) is 0 Å². The number of hydrogen-bond acceptors (Lipinski definition) is 4. The van der Waals surface area contributed by atoms with Crippen LogP contribution >= 0.6 is 27.3 Å². The SMILES string of the molecule is CCc1nc(C(C)Nc2ccc(Br)cn2)cs1. The predicted molar refractivity (Wildman–Crippen MR) is 75.5 cm³/mol. The lowest BCUT2D eigenvalue weighted by molar-refractivity contribution is 0.832. The van der Waals surface area contributed by atoms with Crippen LogP contribution in [0.25, 0.3) is 0 Å². The van der Waals surface area contributed by atoms with E-state index in [1.807, 2.05) is 12.1 Å². The van der Waals surface area contributed by atoms with Crippen molar-refractivity contribution in [1.82, 2.24) is 9.97 Å². The van der Waals surface area contributed by atoms with Crippen molar-refractivity contribution >= 4 is 33.1 Å². The second-order valence-electron chi connectivity index (χ2n) is 3.75. The maximum atomic E-state index is 4.56. The Morgan fingerprint density at radius 1 is 1.47 bits per heavy atom. The molecule has 1 unspecified atom stereocenters. The molecule has 0 fully saturated rings. The van der Waals surface area contributed by atoms with Gasteiger partial charge in [-0.15, -0.1) is 11.3 Å². The molecule has 0 aliphatic carbocycles. The number of pyridine rings is 1. The molecule has 2 heterocycles. The number of nitrogens with one attached hydrogen (secondary N) is 1. The second kappa shape index (κ2) is 5.60. The molecular formula is C12H14BrN3S. The van der Waals surface area contributed by atoms with E-state index in [-0.39, 0.29) is 6.04 Å². The molecule has 0 aliphatic heterocycles. The summed E-state index contributed by atoms with van der Waals surface area (Å²) in [6, 6.07) is 4.11. The maximum Gasteiger partial charge on any atom is 0.126 e. The van der Waals surface area contributed by atoms with Gasteiger partial charge in [0.1, 0.15) is 5.82 Å². The zero-order valence-electron chi connectivity index (χ0n) is 9.77. The van der Waals surface area contributed by atoms with E-state index in [0.717, 1.165) is 22.4 Å². The van der Waals surface area contributed by atoms with Crippen LogP contribution in [0.3, 0.4) is 0 Å². The molecule has 1 N–H and O–H groups in total. The highest BCUT2D eigenvalue weighted by Gasteiger charge is 2.09. The molecule has 0 spiro atoms. The van der Waals surface area contributed by atoms with Crippen molar-refractivity contribution in [2.24, 2.45) is 0 Å². The van der Waals surface area contributed by atoms with Crippen LogP contribution in [0.15, 0.2) is 28.2 Å². The summed E-state index contributed by atoms with van der Waals surface area (Å²) >= 11 is 5.08. The lowest BCUT2D eigenvalue weighted by Crippen LogP contribution is -2.08. The highest BCUT2D eigenvalue weighted by molar-refractivity contribution is 9.10. The van der Waals surface area contributed by atoms with E-state index in [4.69, 9.17) is 0 Å². The quantitative estimate of drug-likeness (QED) is 0.926. The average molecular weight is 312 g/mol. The first-order valence-corrected chi connectivity index (χ1v) is 7.18. The molecule has 0 aliphatic rings. The number of rotatable bonds is 4. The predicted octanol–water partition coefficient (Wildman–Crippen LogP) is 4.04. The van der Waals surface area contributed by atoms with E-state index in [1.54, 1.807) is 17.5 Å². The number of anilines is 1. The van der Waals surface area contributed by atoms with Gasteiger partial charge in [0.25, 0.3) is 0 Å². The zero-order valence-corrected chi connectivity index (χ0v) is 12.2. The summed E-state index contributed by atoms with van der Waals surface area (Å²) in [5.41, 5.74) is 1.08. The standard InChI is InChI=1S/C12H14BrN3S/c1-3-12-16-10(7-17-12)8(2)15-11-5-4-9(13)6-14-11/h4-8H,3H2,1-2H3,(H,14,15). The number of nitrogens with zero attached hydrogens (tertiary/aromatic N) is 2. The molecule has 2 aromatic rings. The summed E-state index contributed by atoms with van der Waals surface area (Å²) in [6.07, 6.45) is 2.78. The van der Waals surface area contributed by atoms with Crippen LogP contribution in [0.5, 0.6) is 0 Å². The van der Waals surface area contributed by atoms with Gasteiger partial charge in [0, 0.05) is 16.0 Å². The number of thiazole rings is 1. The molecule has 2 aromatic heterocycles. The van der Waals surface area contributed by atoms with Crippen LogP contribution in [-0.4, -0.2) is 9.97 Å². The summed E-state index contributed by atoms with van der Waals surface area (Å²) in [7, 11) is 0. The molecule has 1 atom stereocenters. The van der Waals surface area contributed by atoms with Crippen molar-refractivity contribution in [2.45, 2.75) is 26.3 Å². The topological polar surface area (TPSA) is 37.8 Å². The average Bonchev–Trinajstić information content (AvgIpc) is 2.81. The van der Waals surface area contributed by atoms with Crippen LogP contribution in [0, 0.1) is 0 Å². The van der Waals surface area contributed by atoms with E-state index in [1.165, 1.54) is 5.01 Å². The fraction of sp³-hybridized carbons (Fsp3) is 0.333. The minimum atomic E-state index is 0.181. The second-order valence-corrected chi connectivity index (χ2v) is 5.61. The van der Waals surface area contributed by atoms with Gasteiger partial charge < -0.3 is 5.32 Å². The Bertz CT molecular complexity index is 481. The van der Waals surface area contributed by atoms with Gasteiger partial charge in [-0.25, -0.2) is 9.97 Å². The summed E-state index contributed by atoms with van der Waals surface area (Å²) in [6.45, 7) is 4.22. The molecule has 0 saturated carbocycles. The summed E-state index contributed by atoms with van der Waals surface area (Å²) < 4.78 is 0.984. The largest absolute Gasteiger partial charge is 0.362 e. The molecular weight excluding hydrogens is 298 g/mol. The van der Waals surface area contributed by atoms with Gasteiger partial charge in [0.15, 0.2) is 0 Å². The lowest BCUT2D eigenvalue weighted by Gasteiger charge is -2.11. The van der Waals surface area contributed by atoms with Crippen molar-refractivity contribution < 1.29 is 0 Å². The number of aryl methyl sites for hydroxylation is 1. The normalized spacial score (nSPS) is 12.4. The Morgan fingerprint density at radius 3 is 2.88 bits per heavy atom. The van der Waals surface area contributed by atoms with E-state index < -0.39 is 0 Å². The summed E-state index contributed by atoms with van der Waals surface area (Å²) in [4.78, 5) is 8.85. The minimum Gasteiger partial charge on any atom is -0.362 e. The highest BCUT2D eigenvalue weighted by atomic mass is 79.9. The monoisotopic (exact) mass is 311 g/mol. The fourth-order valence-corrected chi connectivity index (χ4v) is 2.52. The van der Waals surface area contributed by atoms with Crippen LogP contribution in [0.2, 0.25) is 0 Å². The number of hydrogen-bond donors (Lipinski definition) is 1. The number of aromatic nitrogens is 2. The van der Waals surface area contributed by atoms with Gasteiger partial charge in [-0.3, -0.25) is 0 Å². The summed E-state index contributed by atoms with van der Waals surface area (Å²) in [5, 5.41) is 6.62. The molecule has 0 radical (unpaired) electrons. The van der Waals surface area contributed by atoms with Gasteiger partial charge in [0.05, 0.1) is 16.7 Å². The Kier molecular flexibility index (Phi) is 4.12. The van der Waals surface area contributed by atoms with Crippen molar-refractivity contribution in [2.75, 3.05) is 5.32 Å². The first-order chi connectivity index (χ1) is 8.19. The van der Waals surface area contributed by atoms with Gasteiger partial charge in [0.2, 0.25) is 0 Å². The molecule has 0 amide bonds. The van der Waals surface area contributed by atoms with Crippen molar-refractivity contribution in [3.63, 3.8) is 0 Å². The molecule has 17 heavy (non-hydrogen) atoms. The Balaban J connectivity index is 2.05. The highest BCUT2D eigenvalue weighted by Crippen LogP contribution is 2.21. The molecule has 0 aromatic carbocycles. The van der Waals surface area contributed by atoms with Crippen molar-refractivity contribution in [1.29, 1.82) is 0 Å². The summed E-state index contributed by atoms with van der Waals surface area (Å²) in [5.74, 6) is 0.867. The van der Waals surface area contributed by atoms with Gasteiger partial charge in [-0.1, -0.05) is 6.92 Å². The molecule has 3 nitrogen and oxygen atoms in total. The third kappa shape index (κ3) is 3.26. The van der Waals surface area contributed by atoms with E-state index in [0.29, 0.717) is 0 Å². The van der Waals surface area contributed by atoms with Crippen LogP contribution < -0.4 is 5.32 Å². The van der Waals surface area contributed by atoms with E-state index in [2.05, 4.69) is 50.4 Å². The lowest BCUT2D eigenvalue weighted by atomic mass is 10.2. The number of halogens is 1. The molecule has 0 saturated heterocycles. The Morgan fingerprint density at radius 2 is 2.29 bits per heavy atom. The first kappa shape index (κ1) is 12.5. The van der Waals surface area contributed by atoms with Crippen molar-refractivity contribution in [3.05, 3.63) is 38.9 Å². The van der Waals surface area contributed by atoms with E-state index >= 15 is 0 Å². The van der Waals surface area contributed by atoms with Gasteiger partial charge in [-0.05, 0) is 41.4 Å². The third-order valence-corrected chi connectivity index (χ3v) is 3.89. The first-order valence-electron chi connectivity index (χ1n) is 5.51. The molecule has 2 rings (SSSR count). The molecule has 5 heteroatoms. The zero-order chi connectivity index (χ0) is 12.3. The fourth-order valence-electron chi connectivity index (χ4n) is 1.44. The third-order valence-electron chi connectivity index (χ3n) is 2.41. The van der Waals surface area contributed by atoms with Crippen molar-refractivity contribution in [3.8, 4) is 0 Å².